The Bertz CT molecular complexity index is 1450. The third-order valence-electron chi connectivity index (χ3n) is 6.41. The van der Waals surface area contributed by atoms with Gasteiger partial charge in [0.2, 0.25) is 10.0 Å². The SMILES string of the molecule is CCC(Cc1ccc(S(=O)(=O)NCC2=NN(c3ccc(Cl)cc3Cl)C(c3ccc(Cl)cc3)C2)cc1)C(=O)O. The first kappa shape index (κ1) is 28.4. The third kappa shape index (κ3) is 6.68. The molecule has 7 nitrogen and oxygen atoms in total. The molecule has 0 saturated heterocycles. The summed E-state index contributed by atoms with van der Waals surface area (Å²) in [5.41, 5.74) is 2.99. The molecule has 0 spiro atoms. The number of anilines is 1. The minimum atomic E-state index is -3.83. The van der Waals surface area contributed by atoms with Crippen LogP contribution in [0.1, 0.15) is 36.9 Å². The summed E-state index contributed by atoms with van der Waals surface area (Å²) < 4.78 is 28.6. The fraction of sp³-hybridized carbons (Fsp3) is 0.259. The van der Waals surface area contributed by atoms with Crippen LogP contribution >= 0.6 is 34.8 Å². The van der Waals surface area contributed by atoms with Crippen molar-refractivity contribution in [2.45, 2.75) is 37.1 Å². The quantitative estimate of drug-likeness (QED) is 0.276. The Morgan fingerprint density at radius 2 is 1.71 bits per heavy atom. The van der Waals surface area contributed by atoms with Crippen LogP contribution in [-0.4, -0.2) is 31.8 Å². The van der Waals surface area contributed by atoms with E-state index in [-0.39, 0.29) is 17.5 Å². The fourth-order valence-electron chi connectivity index (χ4n) is 4.27. The summed E-state index contributed by atoms with van der Waals surface area (Å²) in [5, 5.41) is 17.3. The second-order valence-electron chi connectivity index (χ2n) is 8.99. The maximum atomic E-state index is 13.0. The molecule has 0 amide bonds. The highest BCUT2D eigenvalue weighted by Crippen LogP contribution is 2.39. The highest BCUT2D eigenvalue weighted by Gasteiger charge is 2.31. The van der Waals surface area contributed by atoms with Crippen LogP contribution in [0.5, 0.6) is 0 Å². The van der Waals surface area contributed by atoms with Gasteiger partial charge in [-0.05, 0) is 66.4 Å². The standard InChI is InChI=1S/C27H26Cl3N3O4S/c1-2-18(27(34)35)13-17-3-10-23(11-4-17)38(36,37)31-16-22-15-26(19-5-7-20(28)8-6-19)33(32-22)25-12-9-21(29)14-24(25)30/h3-12,14,18,26,31H,2,13,15-16H2,1H3,(H,34,35). The predicted molar refractivity (Wildman–Crippen MR) is 152 cm³/mol. The molecule has 0 aromatic heterocycles. The summed E-state index contributed by atoms with van der Waals surface area (Å²) in [4.78, 5) is 11.4. The summed E-state index contributed by atoms with van der Waals surface area (Å²) in [6.45, 7) is 1.82. The van der Waals surface area contributed by atoms with Crippen molar-refractivity contribution in [1.82, 2.24) is 4.72 Å². The Hall–Kier alpha value is -2.62. The number of sulfonamides is 1. The van der Waals surface area contributed by atoms with Gasteiger partial charge in [-0.25, -0.2) is 13.1 Å². The van der Waals surface area contributed by atoms with E-state index in [1.165, 1.54) is 12.1 Å². The Morgan fingerprint density at radius 3 is 2.32 bits per heavy atom. The lowest BCUT2D eigenvalue weighted by atomic mass is 9.97. The van der Waals surface area contributed by atoms with Gasteiger partial charge >= 0.3 is 5.97 Å². The summed E-state index contributed by atoms with van der Waals surface area (Å²) in [6, 6.07) is 18.6. The number of rotatable bonds is 10. The molecular formula is C27H26Cl3N3O4S. The lowest BCUT2D eigenvalue weighted by molar-refractivity contribution is -0.141. The monoisotopic (exact) mass is 593 g/mol. The first-order valence-corrected chi connectivity index (χ1v) is 14.6. The smallest absolute Gasteiger partial charge is 0.306 e. The van der Waals surface area contributed by atoms with Crippen LogP contribution < -0.4 is 9.73 Å². The molecule has 2 unspecified atom stereocenters. The third-order valence-corrected chi connectivity index (χ3v) is 8.62. The first-order chi connectivity index (χ1) is 18.1. The van der Waals surface area contributed by atoms with E-state index in [0.717, 1.165) is 11.1 Å². The molecule has 0 aliphatic carbocycles. The normalized spacial score (nSPS) is 16.4. The van der Waals surface area contributed by atoms with Gasteiger partial charge in [0.05, 0.1) is 39.8 Å². The van der Waals surface area contributed by atoms with Gasteiger partial charge in [0.25, 0.3) is 0 Å². The number of halogens is 3. The molecule has 38 heavy (non-hydrogen) atoms. The number of nitrogens with zero attached hydrogens (tertiary/aromatic N) is 2. The molecule has 0 radical (unpaired) electrons. The highest BCUT2D eigenvalue weighted by atomic mass is 35.5. The average Bonchev–Trinajstić information content (AvgIpc) is 3.30. The topological polar surface area (TPSA) is 99.1 Å². The van der Waals surface area contributed by atoms with Crippen molar-refractivity contribution in [2.75, 3.05) is 11.6 Å². The Kier molecular flexibility index (Phi) is 9.00. The van der Waals surface area contributed by atoms with Crippen molar-refractivity contribution in [3.8, 4) is 0 Å². The number of aliphatic carboxylic acids is 1. The summed E-state index contributed by atoms with van der Waals surface area (Å²) in [6.07, 6.45) is 1.30. The van der Waals surface area contributed by atoms with Crippen LogP contribution in [0.25, 0.3) is 0 Å². The van der Waals surface area contributed by atoms with Gasteiger partial charge in [0.1, 0.15) is 0 Å². The lowest BCUT2D eigenvalue weighted by Gasteiger charge is -2.25. The molecule has 1 aliphatic heterocycles. The van der Waals surface area contributed by atoms with Crippen LogP contribution in [0.4, 0.5) is 5.69 Å². The molecule has 11 heteroatoms. The second-order valence-corrected chi connectivity index (χ2v) is 12.0. The lowest BCUT2D eigenvalue weighted by Crippen LogP contribution is -2.29. The molecule has 4 rings (SSSR count). The average molecular weight is 595 g/mol. The zero-order valence-corrected chi connectivity index (χ0v) is 23.5. The van der Waals surface area contributed by atoms with Gasteiger partial charge in [0.15, 0.2) is 0 Å². The molecule has 3 aromatic carbocycles. The van der Waals surface area contributed by atoms with Crippen molar-refractivity contribution >= 4 is 62.2 Å². The van der Waals surface area contributed by atoms with E-state index in [2.05, 4.69) is 4.72 Å². The fourth-order valence-corrected chi connectivity index (χ4v) is 5.91. The van der Waals surface area contributed by atoms with E-state index >= 15 is 0 Å². The van der Waals surface area contributed by atoms with Crippen molar-refractivity contribution in [3.63, 3.8) is 0 Å². The van der Waals surface area contributed by atoms with Crippen LogP contribution in [0, 0.1) is 5.92 Å². The molecule has 1 aliphatic rings. The molecule has 200 valence electrons. The van der Waals surface area contributed by atoms with E-state index in [0.29, 0.717) is 45.7 Å². The molecular weight excluding hydrogens is 569 g/mol. The highest BCUT2D eigenvalue weighted by molar-refractivity contribution is 7.89. The minimum absolute atomic E-state index is 0.00675. The molecule has 2 N–H and O–H groups in total. The van der Waals surface area contributed by atoms with Crippen LogP contribution in [0.3, 0.4) is 0 Å². The molecule has 2 atom stereocenters. The van der Waals surface area contributed by atoms with E-state index in [1.54, 1.807) is 47.5 Å². The number of carbonyl (C=O) groups is 1. The number of benzene rings is 3. The molecule has 1 heterocycles. The van der Waals surface area contributed by atoms with Gasteiger partial charge in [-0.1, -0.05) is 66.0 Å². The summed E-state index contributed by atoms with van der Waals surface area (Å²) in [7, 11) is -3.83. The van der Waals surface area contributed by atoms with E-state index in [4.69, 9.17) is 39.9 Å². The Balaban J connectivity index is 1.51. The van der Waals surface area contributed by atoms with Crippen molar-refractivity contribution in [3.05, 3.63) is 92.9 Å². The largest absolute Gasteiger partial charge is 0.481 e. The second kappa shape index (κ2) is 12.1. The summed E-state index contributed by atoms with van der Waals surface area (Å²) >= 11 is 18.6. The van der Waals surface area contributed by atoms with Crippen molar-refractivity contribution < 1.29 is 18.3 Å². The number of carboxylic acids is 1. The van der Waals surface area contributed by atoms with E-state index in [1.807, 2.05) is 19.1 Å². The van der Waals surface area contributed by atoms with E-state index < -0.39 is 21.9 Å². The number of nitrogens with one attached hydrogen (secondary N) is 1. The number of carboxylic acid groups (broad SMARTS) is 1. The molecule has 0 bridgehead atoms. The van der Waals surface area contributed by atoms with Crippen molar-refractivity contribution in [1.29, 1.82) is 0 Å². The Morgan fingerprint density at radius 1 is 1.05 bits per heavy atom. The number of hydrogen-bond acceptors (Lipinski definition) is 5. The molecule has 0 saturated carbocycles. The molecule has 3 aromatic rings. The summed E-state index contributed by atoms with van der Waals surface area (Å²) in [5.74, 6) is -1.38. The first-order valence-electron chi connectivity index (χ1n) is 11.9. The van der Waals surface area contributed by atoms with Crippen molar-refractivity contribution in [2.24, 2.45) is 11.0 Å². The van der Waals surface area contributed by atoms with Gasteiger partial charge < -0.3 is 5.11 Å². The van der Waals surface area contributed by atoms with Gasteiger partial charge in [0, 0.05) is 16.5 Å². The minimum Gasteiger partial charge on any atom is -0.481 e. The van der Waals surface area contributed by atoms with E-state index in [9.17, 15) is 18.3 Å². The Labute approximate surface area is 237 Å². The molecule has 0 fully saturated rings. The van der Waals surface area contributed by atoms with Gasteiger partial charge in [-0.3, -0.25) is 9.80 Å². The maximum absolute atomic E-state index is 13.0. The number of hydrogen-bond donors (Lipinski definition) is 2. The zero-order valence-electron chi connectivity index (χ0n) is 20.4. The van der Waals surface area contributed by atoms with Gasteiger partial charge in [-0.15, -0.1) is 0 Å². The zero-order chi connectivity index (χ0) is 27.4. The van der Waals surface area contributed by atoms with Crippen LogP contribution in [0.2, 0.25) is 15.1 Å². The van der Waals surface area contributed by atoms with Crippen LogP contribution in [-0.2, 0) is 21.2 Å². The van der Waals surface area contributed by atoms with Gasteiger partial charge in [-0.2, -0.15) is 5.10 Å². The predicted octanol–water partition coefficient (Wildman–Crippen LogP) is 6.59. The number of hydrazone groups is 1. The maximum Gasteiger partial charge on any atom is 0.306 e. The van der Waals surface area contributed by atoms with Crippen LogP contribution in [0.15, 0.2) is 76.7 Å².